The number of rotatable bonds is 2. The van der Waals surface area contributed by atoms with Crippen molar-refractivity contribution in [3.05, 3.63) is 34.7 Å². The molecular weight excluding hydrogens is 331 g/mol. The quantitative estimate of drug-likeness (QED) is 0.722. The Labute approximate surface area is 133 Å². The lowest BCUT2D eigenvalue weighted by Gasteiger charge is -2.10. The second-order valence-electron chi connectivity index (χ2n) is 4.31. The van der Waals surface area contributed by atoms with Crippen LogP contribution in [0.2, 0.25) is 5.02 Å². The van der Waals surface area contributed by atoms with Gasteiger partial charge in [0.2, 0.25) is 0 Å². The van der Waals surface area contributed by atoms with Crippen molar-refractivity contribution in [2.75, 3.05) is 12.8 Å². The number of halogens is 2. The molecule has 0 spiro atoms. The molecule has 0 atom stereocenters. The summed E-state index contributed by atoms with van der Waals surface area (Å²) in [6, 6.07) is 4.90. The number of methoxy groups -OCH3 is 1. The number of benzene rings is 1. The largest absolute Gasteiger partial charge is 0.464 e. The fourth-order valence-electron chi connectivity index (χ4n) is 1.91. The van der Waals surface area contributed by atoms with E-state index in [4.69, 9.17) is 17.3 Å². The molecule has 0 saturated carbocycles. The van der Waals surface area contributed by atoms with Crippen molar-refractivity contribution in [2.45, 2.75) is 0 Å². The van der Waals surface area contributed by atoms with Crippen molar-refractivity contribution in [1.29, 1.82) is 0 Å². The molecule has 22 heavy (non-hydrogen) atoms. The molecule has 3 aromatic rings. The molecule has 0 radical (unpaired) electrons. The van der Waals surface area contributed by atoms with Crippen LogP contribution in [0.25, 0.3) is 22.3 Å². The summed E-state index contributed by atoms with van der Waals surface area (Å²) in [7, 11) is 1.17. The van der Waals surface area contributed by atoms with Crippen LogP contribution in [0.15, 0.2) is 18.2 Å². The second-order valence-corrected chi connectivity index (χ2v) is 5.22. The van der Waals surface area contributed by atoms with Crippen LogP contribution in [0.4, 0.5) is 10.1 Å². The minimum atomic E-state index is -0.805. The first-order chi connectivity index (χ1) is 10.5. The van der Waals surface area contributed by atoms with E-state index in [0.717, 1.165) is 11.7 Å². The monoisotopic (exact) mass is 338 g/mol. The first kappa shape index (κ1) is 14.6. The molecule has 0 aliphatic carbocycles. The Balaban J connectivity index is 2.25. The van der Waals surface area contributed by atoms with Gasteiger partial charge in [0.25, 0.3) is 0 Å². The van der Waals surface area contributed by atoms with E-state index in [1.165, 1.54) is 7.11 Å². The number of nitrogens with zero attached hydrogens (tertiary/aromatic N) is 3. The highest BCUT2D eigenvalue weighted by atomic mass is 35.5. The molecule has 0 fully saturated rings. The van der Waals surface area contributed by atoms with E-state index in [-0.39, 0.29) is 22.1 Å². The molecule has 2 N–H and O–H groups in total. The molecule has 9 heteroatoms. The minimum absolute atomic E-state index is 0.0998. The number of aromatic nitrogens is 3. The molecule has 0 unspecified atom stereocenters. The lowest BCUT2D eigenvalue weighted by atomic mass is 10.1. The van der Waals surface area contributed by atoms with E-state index in [1.807, 2.05) is 0 Å². The van der Waals surface area contributed by atoms with Crippen molar-refractivity contribution in [2.24, 2.45) is 0 Å². The summed E-state index contributed by atoms with van der Waals surface area (Å²) in [5.74, 6) is -1.60. The average molecular weight is 339 g/mol. The number of anilines is 1. The number of pyridine rings is 1. The van der Waals surface area contributed by atoms with Crippen LogP contribution in [0.5, 0.6) is 0 Å². The van der Waals surface area contributed by atoms with Gasteiger partial charge in [-0.2, -0.15) is 8.75 Å². The molecule has 112 valence electrons. The summed E-state index contributed by atoms with van der Waals surface area (Å²) in [5, 5.41) is -0.274. The van der Waals surface area contributed by atoms with Crippen molar-refractivity contribution in [1.82, 2.24) is 13.7 Å². The highest BCUT2D eigenvalue weighted by molar-refractivity contribution is 7.00. The number of fused-ring (bicyclic) bond motifs is 1. The van der Waals surface area contributed by atoms with Gasteiger partial charge in [-0.15, -0.1) is 0 Å². The number of nitrogen functional groups attached to an aromatic ring is 1. The smallest absolute Gasteiger partial charge is 0.358 e. The van der Waals surface area contributed by atoms with Crippen LogP contribution in [0.1, 0.15) is 10.5 Å². The van der Waals surface area contributed by atoms with Crippen LogP contribution in [0, 0.1) is 5.82 Å². The summed E-state index contributed by atoms with van der Waals surface area (Å²) in [5.41, 5.74) is 6.61. The second kappa shape index (κ2) is 5.47. The Morgan fingerprint density at radius 1 is 1.36 bits per heavy atom. The molecular formula is C13H8ClFN4O2S. The third kappa shape index (κ3) is 2.26. The first-order valence-corrected chi connectivity index (χ1v) is 7.09. The SMILES string of the molecule is COC(=O)c1nc(-c2ccc3nsnc3c2)c(F)c(N)c1Cl. The number of hydrogen-bond acceptors (Lipinski definition) is 7. The van der Waals surface area contributed by atoms with E-state index in [2.05, 4.69) is 18.5 Å². The number of esters is 1. The Bertz CT molecular complexity index is 899. The van der Waals surface area contributed by atoms with Crippen molar-refractivity contribution >= 4 is 46.0 Å². The van der Waals surface area contributed by atoms with E-state index >= 15 is 0 Å². The molecule has 2 aromatic heterocycles. The first-order valence-electron chi connectivity index (χ1n) is 5.98. The van der Waals surface area contributed by atoms with Gasteiger partial charge in [0.15, 0.2) is 11.5 Å². The molecule has 3 rings (SSSR count). The third-order valence-electron chi connectivity index (χ3n) is 3.02. The summed E-state index contributed by atoms with van der Waals surface area (Å²) in [4.78, 5) is 15.6. The van der Waals surface area contributed by atoms with Gasteiger partial charge in [0.1, 0.15) is 16.7 Å². The molecule has 1 aromatic carbocycles. The van der Waals surface area contributed by atoms with Crippen LogP contribution in [-0.2, 0) is 4.74 Å². The molecule has 0 aliphatic rings. The van der Waals surface area contributed by atoms with Crippen molar-refractivity contribution < 1.29 is 13.9 Å². The van der Waals surface area contributed by atoms with Gasteiger partial charge < -0.3 is 10.5 Å². The highest BCUT2D eigenvalue weighted by Gasteiger charge is 2.23. The molecule has 0 amide bonds. The molecule has 0 saturated heterocycles. The van der Waals surface area contributed by atoms with Gasteiger partial charge in [-0.25, -0.2) is 14.2 Å². The van der Waals surface area contributed by atoms with Crippen LogP contribution in [0.3, 0.4) is 0 Å². The Hall–Kier alpha value is -2.32. The molecule has 0 bridgehead atoms. The Kier molecular flexibility index (Phi) is 3.63. The maximum atomic E-state index is 14.4. The summed E-state index contributed by atoms with van der Waals surface area (Å²) in [6.45, 7) is 0. The zero-order valence-corrected chi connectivity index (χ0v) is 12.7. The number of ether oxygens (including phenoxy) is 1. The number of carbonyl (C=O) groups is 1. The predicted molar refractivity (Wildman–Crippen MR) is 81.4 cm³/mol. The average Bonchev–Trinajstić information content (AvgIpc) is 2.99. The predicted octanol–water partition coefficient (Wildman–Crippen LogP) is 2.91. The maximum absolute atomic E-state index is 14.4. The number of carbonyl (C=O) groups excluding carboxylic acids is 1. The lowest BCUT2D eigenvalue weighted by Crippen LogP contribution is -2.10. The molecule has 2 heterocycles. The third-order valence-corrected chi connectivity index (χ3v) is 3.96. The topological polar surface area (TPSA) is 91.0 Å². The van der Waals surface area contributed by atoms with Crippen molar-refractivity contribution in [3.63, 3.8) is 0 Å². The van der Waals surface area contributed by atoms with Crippen LogP contribution in [-0.4, -0.2) is 26.8 Å². The van der Waals surface area contributed by atoms with Gasteiger partial charge in [0, 0.05) is 5.56 Å². The number of nitrogens with two attached hydrogens (primary N) is 1. The van der Waals surface area contributed by atoms with Gasteiger partial charge in [-0.1, -0.05) is 17.7 Å². The maximum Gasteiger partial charge on any atom is 0.358 e. The summed E-state index contributed by atoms with van der Waals surface area (Å²) < 4.78 is 27.1. The Morgan fingerprint density at radius 3 is 2.82 bits per heavy atom. The lowest BCUT2D eigenvalue weighted by molar-refractivity contribution is 0.0594. The van der Waals surface area contributed by atoms with Crippen molar-refractivity contribution in [3.8, 4) is 11.3 Å². The summed E-state index contributed by atoms with van der Waals surface area (Å²) in [6.07, 6.45) is 0. The van der Waals surface area contributed by atoms with Crippen LogP contribution < -0.4 is 5.73 Å². The fraction of sp³-hybridized carbons (Fsp3) is 0.0769. The Morgan fingerprint density at radius 2 is 2.09 bits per heavy atom. The van der Waals surface area contributed by atoms with Gasteiger partial charge in [0.05, 0.1) is 29.5 Å². The van der Waals surface area contributed by atoms with Gasteiger partial charge in [-0.05, 0) is 12.1 Å². The van der Waals surface area contributed by atoms with Gasteiger partial charge >= 0.3 is 5.97 Å². The summed E-state index contributed by atoms with van der Waals surface area (Å²) >= 11 is 6.90. The van der Waals surface area contributed by atoms with Gasteiger partial charge in [-0.3, -0.25) is 0 Å². The van der Waals surface area contributed by atoms with E-state index in [0.29, 0.717) is 16.6 Å². The van der Waals surface area contributed by atoms with Crippen LogP contribution >= 0.6 is 23.3 Å². The zero-order valence-electron chi connectivity index (χ0n) is 11.1. The number of hydrogen-bond donors (Lipinski definition) is 1. The molecule has 0 aliphatic heterocycles. The van der Waals surface area contributed by atoms with E-state index in [1.54, 1.807) is 18.2 Å². The molecule has 6 nitrogen and oxygen atoms in total. The standard InChI is InChI=1S/C13H8ClFN4O2S/c1-21-13(20)12-8(14)10(16)9(15)11(17-12)5-2-3-6-7(4-5)19-22-18-6/h2-4H,1H3,(H2,16,17). The fourth-order valence-corrected chi connectivity index (χ4v) is 2.63. The normalized spacial score (nSPS) is 10.9. The highest BCUT2D eigenvalue weighted by Crippen LogP contribution is 2.33. The van der Waals surface area contributed by atoms with E-state index < -0.39 is 11.8 Å². The van der Waals surface area contributed by atoms with E-state index in [9.17, 15) is 9.18 Å². The minimum Gasteiger partial charge on any atom is -0.464 e. The zero-order chi connectivity index (χ0) is 15.9.